The molecule has 5 nitrogen and oxygen atoms in total. The Labute approximate surface area is 152 Å². The molecule has 3 aromatic rings. The normalized spacial score (nSPS) is 10.8. The molecule has 0 aliphatic heterocycles. The molecule has 1 N–H and O–H groups in total. The Morgan fingerprint density at radius 1 is 1.15 bits per heavy atom. The third kappa shape index (κ3) is 3.08. The van der Waals surface area contributed by atoms with Gasteiger partial charge in [-0.15, -0.1) is 0 Å². The predicted octanol–water partition coefficient (Wildman–Crippen LogP) is 4.82. The molecule has 0 atom stereocenters. The van der Waals surface area contributed by atoms with Gasteiger partial charge in [0.1, 0.15) is 17.0 Å². The third-order valence-electron chi connectivity index (χ3n) is 4.23. The molecule has 0 unspecified atom stereocenters. The molecule has 1 heterocycles. The van der Waals surface area contributed by atoms with Crippen LogP contribution >= 0.6 is 0 Å². The molecule has 0 spiro atoms. The zero-order valence-corrected chi connectivity index (χ0v) is 15.3. The molecule has 0 radical (unpaired) electrons. The molecule has 0 amide bonds. The average Bonchev–Trinajstić information content (AvgIpc) is 2.99. The highest BCUT2D eigenvalue weighted by Gasteiger charge is 2.29. The minimum Gasteiger partial charge on any atom is -0.507 e. The maximum atomic E-state index is 12.7. The van der Waals surface area contributed by atoms with Crippen molar-refractivity contribution in [3.8, 4) is 28.3 Å². The van der Waals surface area contributed by atoms with Crippen LogP contribution in [0.1, 0.15) is 34.0 Å². The van der Waals surface area contributed by atoms with E-state index in [-0.39, 0.29) is 23.7 Å². The summed E-state index contributed by atoms with van der Waals surface area (Å²) < 4.78 is 10.7. The minimum absolute atomic E-state index is 0.0121. The maximum Gasteiger partial charge on any atom is 0.344 e. The van der Waals surface area contributed by atoms with E-state index in [4.69, 9.17) is 9.26 Å². The van der Waals surface area contributed by atoms with Gasteiger partial charge in [0.15, 0.2) is 5.76 Å². The molecule has 0 aliphatic rings. The van der Waals surface area contributed by atoms with Crippen LogP contribution in [0.2, 0.25) is 0 Å². The Morgan fingerprint density at radius 3 is 2.42 bits per heavy atom. The average molecular weight is 351 g/mol. The van der Waals surface area contributed by atoms with E-state index in [0.717, 1.165) is 22.3 Å². The first-order chi connectivity index (χ1) is 12.4. The van der Waals surface area contributed by atoms with Crippen molar-refractivity contribution >= 4 is 5.97 Å². The van der Waals surface area contributed by atoms with E-state index in [1.54, 1.807) is 25.1 Å². The molecular formula is C21H21NO4. The Bertz CT molecular complexity index is 949. The first-order valence-corrected chi connectivity index (χ1v) is 8.47. The quantitative estimate of drug-likeness (QED) is 0.683. The molecule has 0 bridgehead atoms. The van der Waals surface area contributed by atoms with Crippen LogP contribution in [0.3, 0.4) is 0 Å². The number of aryl methyl sites for hydroxylation is 3. The number of hydrogen-bond acceptors (Lipinski definition) is 5. The van der Waals surface area contributed by atoms with Crippen molar-refractivity contribution in [1.82, 2.24) is 5.16 Å². The minimum atomic E-state index is -0.527. The monoisotopic (exact) mass is 351 g/mol. The molecule has 0 fully saturated rings. The zero-order valence-electron chi connectivity index (χ0n) is 15.3. The van der Waals surface area contributed by atoms with Crippen LogP contribution in [-0.4, -0.2) is 22.8 Å². The molecule has 26 heavy (non-hydrogen) atoms. The standard InChI is InChI=1S/C21H21NO4/c1-5-25-21(24)18-19(17-13(3)10-12(2)11-14(17)4)22-26-20(18)15-8-6-7-9-16(15)23/h6-11,23H,5H2,1-4H3. The van der Waals surface area contributed by atoms with Gasteiger partial charge in [-0.2, -0.15) is 0 Å². The second-order valence-corrected chi connectivity index (χ2v) is 6.25. The number of esters is 1. The van der Waals surface area contributed by atoms with Gasteiger partial charge in [-0.25, -0.2) is 4.79 Å². The van der Waals surface area contributed by atoms with Crippen LogP contribution < -0.4 is 0 Å². The lowest BCUT2D eigenvalue weighted by Gasteiger charge is -2.11. The number of para-hydroxylation sites is 1. The van der Waals surface area contributed by atoms with Crippen molar-refractivity contribution in [2.24, 2.45) is 0 Å². The molecule has 134 valence electrons. The first-order valence-electron chi connectivity index (χ1n) is 8.47. The van der Waals surface area contributed by atoms with Crippen LogP contribution in [0.5, 0.6) is 5.75 Å². The molecule has 1 aromatic heterocycles. The van der Waals surface area contributed by atoms with E-state index < -0.39 is 5.97 Å². The zero-order chi connectivity index (χ0) is 18.8. The van der Waals surface area contributed by atoms with Gasteiger partial charge in [0.05, 0.1) is 12.2 Å². The number of aromatic hydroxyl groups is 1. The number of hydrogen-bond donors (Lipinski definition) is 1. The van der Waals surface area contributed by atoms with Gasteiger partial charge in [0.2, 0.25) is 0 Å². The van der Waals surface area contributed by atoms with Crippen molar-refractivity contribution in [2.45, 2.75) is 27.7 Å². The Balaban J connectivity index is 2.29. The first kappa shape index (κ1) is 17.7. The van der Waals surface area contributed by atoms with Crippen molar-refractivity contribution < 1.29 is 19.2 Å². The summed E-state index contributed by atoms with van der Waals surface area (Å²) in [5.74, 6) is -0.310. The lowest BCUT2D eigenvalue weighted by molar-refractivity contribution is 0.0527. The van der Waals surface area contributed by atoms with Crippen molar-refractivity contribution in [1.29, 1.82) is 0 Å². The summed E-state index contributed by atoms with van der Waals surface area (Å²) in [5.41, 5.74) is 5.00. The fourth-order valence-corrected chi connectivity index (χ4v) is 3.26. The second kappa shape index (κ2) is 7.04. The summed E-state index contributed by atoms with van der Waals surface area (Å²) >= 11 is 0. The summed E-state index contributed by atoms with van der Waals surface area (Å²) in [6.45, 7) is 7.94. The van der Waals surface area contributed by atoms with E-state index in [0.29, 0.717) is 11.3 Å². The number of aromatic nitrogens is 1. The highest BCUT2D eigenvalue weighted by Crippen LogP contribution is 2.39. The van der Waals surface area contributed by atoms with Gasteiger partial charge >= 0.3 is 5.97 Å². The number of rotatable bonds is 4. The van der Waals surface area contributed by atoms with E-state index in [2.05, 4.69) is 5.16 Å². The van der Waals surface area contributed by atoms with E-state index in [1.807, 2.05) is 32.9 Å². The Morgan fingerprint density at radius 2 is 1.81 bits per heavy atom. The van der Waals surface area contributed by atoms with E-state index in [9.17, 15) is 9.90 Å². The predicted molar refractivity (Wildman–Crippen MR) is 99.2 cm³/mol. The highest BCUT2D eigenvalue weighted by molar-refractivity contribution is 6.02. The number of benzene rings is 2. The Kier molecular flexibility index (Phi) is 4.80. The third-order valence-corrected chi connectivity index (χ3v) is 4.23. The number of phenols is 1. The lowest BCUT2D eigenvalue weighted by atomic mass is 9.94. The maximum absolute atomic E-state index is 12.7. The van der Waals surface area contributed by atoms with Crippen LogP contribution in [0.15, 0.2) is 40.9 Å². The summed E-state index contributed by atoms with van der Waals surface area (Å²) in [4.78, 5) is 12.7. The van der Waals surface area contributed by atoms with E-state index in [1.165, 1.54) is 6.07 Å². The molecule has 0 saturated carbocycles. The number of ether oxygens (including phenoxy) is 1. The summed E-state index contributed by atoms with van der Waals surface area (Å²) in [7, 11) is 0. The summed E-state index contributed by atoms with van der Waals surface area (Å²) in [5, 5.41) is 14.4. The molecule has 2 aromatic carbocycles. The molecule has 5 heteroatoms. The van der Waals surface area contributed by atoms with Crippen molar-refractivity contribution in [3.63, 3.8) is 0 Å². The fourth-order valence-electron chi connectivity index (χ4n) is 3.26. The van der Waals surface area contributed by atoms with Gasteiger partial charge in [0, 0.05) is 5.56 Å². The molecule has 0 saturated heterocycles. The number of nitrogens with zero attached hydrogens (tertiary/aromatic N) is 1. The van der Waals surface area contributed by atoms with Gasteiger partial charge in [-0.1, -0.05) is 35.0 Å². The van der Waals surface area contributed by atoms with Crippen LogP contribution in [0.25, 0.3) is 22.6 Å². The SMILES string of the molecule is CCOC(=O)c1c(-c2c(C)cc(C)cc2C)noc1-c1ccccc1O. The molecule has 0 aliphatic carbocycles. The number of phenolic OH excluding ortho intramolecular Hbond substituents is 1. The lowest BCUT2D eigenvalue weighted by Crippen LogP contribution is -2.07. The molecule has 3 rings (SSSR count). The largest absolute Gasteiger partial charge is 0.507 e. The van der Waals surface area contributed by atoms with Crippen LogP contribution in [-0.2, 0) is 4.74 Å². The Hall–Kier alpha value is -3.08. The topological polar surface area (TPSA) is 72.6 Å². The highest BCUT2D eigenvalue weighted by atomic mass is 16.5. The van der Waals surface area contributed by atoms with Gasteiger partial charge in [0.25, 0.3) is 0 Å². The van der Waals surface area contributed by atoms with Crippen molar-refractivity contribution in [2.75, 3.05) is 6.61 Å². The van der Waals surface area contributed by atoms with Gasteiger partial charge < -0.3 is 14.4 Å². The second-order valence-electron chi connectivity index (χ2n) is 6.25. The van der Waals surface area contributed by atoms with Gasteiger partial charge in [-0.05, 0) is 51.0 Å². The van der Waals surface area contributed by atoms with Crippen LogP contribution in [0, 0.1) is 20.8 Å². The van der Waals surface area contributed by atoms with Crippen LogP contribution in [0.4, 0.5) is 0 Å². The number of carbonyl (C=O) groups is 1. The fraction of sp³-hybridized carbons (Fsp3) is 0.238. The van der Waals surface area contributed by atoms with E-state index >= 15 is 0 Å². The summed E-state index contributed by atoms with van der Waals surface area (Å²) in [6, 6.07) is 10.7. The van der Waals surface area contributed by atoms with Crippen molar-refractivity contribution in [3.05, 3.63) is 58.7 Å². The number of carbonyl (C=O) groups excluding carboxylic acids is 1. The smallest absolute Gasteiger partial charge is 0.344 e. The molecular weight excluding hydrogens is 330 g/mol. The summed E-state index contributed by atoms with van der Waals surface area (Å²) in [6.07, 6.45) is 0. The van der Waals surface area contributed by atoms with Gasteiger partial charge in [-0.3, -0.25) is 0 Å².